The van der Waals surface area contributed by atoms with Gasteiger partial charge in [-0.1, -0.05) is 39.0 Å². The summed E-state index contributed by atoms with van der Waals surface area (Å²) in [5, 5.41) is 12.6. The highest BCUT2D eigenvalue weighted by molar-refractivity contribution is 7.32. The van der Waals surface area contributed by atoms with E-state index in [0.29, 0.717) is 16.9 Å². The maximum Gasteiger partial charge on any atom is 0.695 e. The van der Waals surface area contributed by atoms with Crippen molar-refractivity contribution < 1.29 is 33.0 Å². The lowest BCUT2D eigenvalue weighted by molar-refractivity contribution is -0.0202. The van der Waals surface area contributed by atoms with Gasteiger partial charge in [-0.05, 0) is 30.3 Å². The summed E-state index contributed by atoms with van der Waals surface area (Å²) in [6.07, 6.45) is 1.34. The fourth-order valence-corrected chi connectivity index (χ4v) is 5.75. The van der Waals surface area contributed by atoms with E-state index in [1.165, 1.54) is 6.20 Å². The van der Waals surface area contributed by atoms with Gasteiger partial charge in [0.25, 0.3) is 5.91 Å². The molecule has 5 atom stereocenters. The van der Waals surface area contributed by atoms with Gasteiger partial charge >= 0.3 is 8.25 Å². The summed E-state index contributed by atoms with van der Waals surface area (Å²) < 4.78 is 31.5. The van der Waals surface area contributed by atoms with E-state index in [1.54, 1.807) is 41.1 Å². The third-order valence-electron chi connectivity index (χ3n) is 6.95. The Kier molecular flexibility index (Phi) is 7.91. The van der Waals surface area contributed by atoms with Crippen molar-refractivity contribution in [1.29, 1.82) is 0 Å². The van der Waals surface area contributed by atoms with E-state index in [1.807, 2.05) is 6.07 Å². The van der Waals surface area contributed by atoms with E-state index in [9.17, 15) is 19.4 Å². The molecule has 1 fully saturated rings. The second-order valence-electron chi connectivity index (χ2n) is 10.4. The van der Waals surface area contributed by atoms with Gasteiger partial charge in [-0.15, -0.1) is 9.42 Å². The number of fused-ring (bicyclic) bond motifs is 1. The van der Waals surface area contributed by atoms with E-state index >= 15 is 0 Å². The molecule has 4 rings (SSSR count). The first-order chi connectivity index (χ1) is 17.4. The summed E-state index contributed by atoms with van der Waals surface area (Å²) in [7, 11) is -5.39. The molecule has 37 heavy (non-hydrogen) atoms. The van der Waals surface area contributed by atoms with Crippen LogP contribution in [0.1, 0.15) is 42.9 Å². The summed E-state index contributed by atoms with van der Waals surface area (Å²) in [6.45, 7) is 9.93. The lowest BCUT2D eigenvalue weighted by Crippen LogP contribution is -2.48. The predicted octanol–water partition coefficient (Wildman–Crippen LogP) is 3.84. The number of ether oxygens (including phenoxy) is 1. The van der Waals surface area contributed by atoms with Crippen LogP contribution in [0.4, 0.5) is 5.82 Å². The van der Waals surface area contributed by atoms with E-state index in [2.05, 4.69) is 49.1 Å². The molecule has 1 aliphatic rings. The van der Waals surface area contributed by atoms with Gasteiger partial charge in [0.1, 0.15) is 18.3 Å². The molecule has 0 radical (unpaired) electrons. The molecule has 3 aromatic rings. The highest BCUT2D eigenvalue weighted by Gasteiger charge is 2.54. The Balaban J connectivity index is 1.72. The number of carbonyl (C=O) groups is 1. The number of rotatable bonds is 8. The van der Waals surface area contributed by atoms with Crippen molar-refractivity contribution in [2.75, 3.05) is 11.9 Å². The maximum absolute atomic E-state index is 12.7. The molecular weight excluding hydrogens is 515 g/mol. The largest absolute Gasteiger partial charge is 0.695 e. The van der Waals surface area contributed by atoms with Crippen LogP contribution in [0.15, 0.2) is 48.9 Å². The summed E-state index contributed by atoms with van der Waals surface area (Å²) in [6, 6.07) is 8.76. The Morgan fingerprint density at radius 2 is 1.92 bits per heavy atom. The van der Waals surface area contributed by atoms with E-state index in [4.69, 9.17) is 13.7 Å². The number of hydrogen-bond donors (Lipinski definition) is 3. The normalized spacial score (nSPS) is 22.8. The first-order valence-corrected chi connectivity index (χ1v) is 15.9. The molecule has 2 unspecified atom stereocenters. The average Bonchev–Trinajstić information content (AvgIpc) is 3.40. The van der Waals surface area contributed by atoms with Crippen molar-refractivity contribution in [2.24, 2.45) is 0 Å². The third-order valence-corrected chi connectivity index (χ3v) is 11.9. The van der Waals surface area contributed by atoms with Gasteiger partial charge in [0.05, 0.1) is 18.5 Å². The van der Waals surface area contributed by atoms with Crippen molar-refractivity contribution in [1.82, 2.24) is 14.4 Å². The molecular formula is C24H32N4O7PSi+. The SMILES string of the molecule is CC(C)(C)[Si](C)(C)OC1[C@@H](O[P+](=O)O)[C@@H](CO)O[C@H]1c1cnc2c(NC(=O)c3ccccc3)nccn12. The summed E-state index contributed by atoms with van der Waals surface area (Å²) >= 11 is 0. The fourth-order valence-electron chi connectivity index (χ4n) is 4.00. The maximum atomic E-state index is 12.7. The number of imidazole rings is 1. The number of amides is 1. The molecule has 11 nitrogen and oxygen atoms in total. The Labute approximate surface area is 216 Å². The Bertz CT molecular complexity index is 1280. The van der Waals surface area contributed by atoms with Gasteiger partial charge in [0.15, 0.2) is 25.9 Å². The van der Waals surface area contributed by atoms with E-state index in [-0.39, 0.29) is 16.8 Å². The Morgan fingerprint density at radius 3 is 2.54 bits per heavy atom. The van der Waals surface area contributed by atoms with Crippen molar-refractivity contribution >= 4 is 33.9 Å². The Morgan fingerprint density at radius 1 is 1.22 bits per heavy atom. The smallest absolute Gasteiger partial charge is 0.408 e. The highest BCUT2D eigenvalue weighted by Crippen LogP contribution is 2.45. The minimum Gasteiger partial charge on any atom is -0.408 e. The zero-order valence-electron chi connectivity index (χ0n) is 21.4. The fraction of sp³-hybridized carbons (Fsp3) is 0.458. The van der Waals surface area contributed by atoms with Crippen LogP contribution < -0.4 is 5.32 Å². The number of carbonyl (C=O) groups excluding carboxylic acids is 1. The second kappa shape index (κ2) is 10.7. The molecule has 0 aliphatic carbocycles. The minimum atomic E-state index is -2.97. The van der Waals surface area contributed by atoms with Gasteiger partial charge < -0.3 is 19.6 Å². The lowest BCUT2D eigenvalue weighted by atomic mass is 10.1. The molecule has 1 aliphatic heterocycles. The quantitative estimate of drug-likeness (QED) is 0.283. The number of nitrogens with zero attached hydrogens (tertiary/aromatic N) is 3. The molecule has 198 valence electrons. The van der Waals surface area contributed by atoms with Crippen LogP contribution in [0.5, 0.6) is 0 Å². The molecule has 3 N–H and O–H groups in total. The lowest BCUT2D eigenvalue weighted by Gasteiger charge is -2.39. The molecule has 2 aromatic heterocycles. The van der Waals surface area contributed by atoms with Gasteiger partial charge in [-0.25, -0.2) is 9.97 Å². The van der Waals surface area contributed by atoms with Crippen LogP contribution >= 0.6 is 8.25 Å². The highest BCUT2D eigenvalue weighted by atomic mass is 31.1. The zero-order valence-corrected chi connectivity index (χ0v) is 23.3. The molecule has 3 heterocycles. The number of anilines is 1. The number of benzene rings is 1. The molecule has 1 aromatic carbocycles. The van der Waals surface area contributed by atoms with Crippen molar-refractivity contribution in [3.05, 3.63) is 60.2 Å². The molecule has 0 spiro atoms. The van der Waals surface area contributed by atoms with Crippen LogP contribution in [0, 0.1) is 0 Å². The summed E-state index contributed by atoms with van der Waals surface area (Å²) in [5.74, 6) is -0.0741. The van der Waals surface area contributed by atoms with Crippen LogP contribution in [0.25, 0.3) is 5.65 Å². The van der Waals surface area contributed by atoms with Gasteiger partial charge in [-0.2, -0.15) is 0 Å². The topological polar surface area (TPSA) is 145 Å². The summed E-state index contributed by atoms with van der Waals surface area (Å²) in [5.41, 5.74) is 1.42. The van der Waals surface area contributed by atoms with Crippen LogP contribution in [0.3, 0.4) is 0 Å². The molecule has 0 saturated carbocycles. The first kappa shape index (κ1) is 27.5. The number of aliphatic hydroxyl groups is 1. The standard InChI is InChI=1S/C24H31N4O7PSi/c1-24(2,3)37(4,5)35-20-18(33-17(14-29)19(20)34-36(31)32)16-13-26-22-21(25-11-12-28(16)22)27-23(30)15-9-7-6-8-10-15/h6-13,17-20,29H,14H2,1-5H3,(H-,25,27,30,31,32)/p+1/t17-,18+,19+,20?/m1/s1. The van der Waals surface area contributed by atoms with Gasteiger partial charge in [0.2, 0.25) is 0 Å². The third kappa shape index (κ3) is 5.65. The van der Waals surface area contributed by atoms with Crippen LogP contribution in [-0.2, 0) is 18.3 Å². The Hall–Kier alpha value is -2.57. The van der Waals surface area contributed by atoms with E-state index in [0.717, 1.165) is 0 Å². The number of hydrogen-bond acceptors (Lipinski definition) is 8. The monoisotopic (exact) mass is 547 g/mol. The molecule has 1 amide bonds. The van der Waals surface area contributed by atoms with E-state index < -0.39 is 47.6 Å². The van der Waals surface area contributed by atoms with Crippen molar-refractivity contribution in [2.45, 2.75) is 63.3 Å². The second-order valence-corrected chi connectivity index (χ2v) is 15.8. The van der Waals surface area contributed by atoms with Crippen LogP contribution in [-0.4, -0.2) is 63.5 Å². The van der Waals surface area contributed by atoms with Crippen molar-refractivity contribution in [3.63, 3.8) is 0 Å². The summed E-state index contributed by atoms with van der Waals surface area (Å²) in [4.78, 5) is 31.0. The van der Waals surface area contributed by atoms with Gasteiger partial charge in [-0.3, -0.25) is 9.20 Å². The van der Waals surface area contributed by atoms with Crippen molar-refractivity contribution in [3.8, 4) is 0 Å². The molecule has 13 heteroatoms. The number of nitrogens with one attached hydrogen (secondary N) is 1. The van der Waals surface area contributed by atoms with Crippen LogP contribution in [0.2, 0.25) is 18.1 Å². The average molecular weight is 548 g/mol. The number of aromatic nitrogens is 3. The number of aliphatic hydroxyl groups excluding tert-OH is 1. The zero-order chi connectivity index (χ0) is 27.0. The predicted molar refractivity (Wildman–Crippen MR) is 139 cm³/mol. The first-order valence-electron chi connectivity index (χ1n) is 11.9. The molecule has 0 bridgehead atoms. The minimum absolute atomic E-state index is 0.168. The molecule has 1 saturated heterocycles. The van der Waals surface area contributed by atoms with Gasteiger partial charge in [0, 0.05) is 22.5 Å².